The SMILES string of the molecule is Cc1cc2c(N(C)C3CCCCC3Br)ncnc2s1. The van der Waals surface area contributed by atoms with Crippen molar-refractivity contribution in [2.24, 2.45) is 0 Å². The number of aryl methyl sites for hydroxylation is 1. The molecule has 0 saturated heterocycles. The first-order chi connectivity index (χ1) is 9.16. The summed E-state index contributed by atoms with van der Waals surface area (Å²) < 4.78 is 0. The number of nitrogens with zero attached hydrogens (tertiary/aromatic N) is 3. The second kappa shape index (κ2) is 5.37. The van der Waals surface area contributed by atoms with Gasteiger partial charge in [0.05, 0.1) is 5.39 Å². The van der Waals surface area contributed by atoms with E-state index in [4.69, 9.17) is 0 Å². The van der Waals surface area contributed by atoms with Gasteiger partial charge in [0, 0.05) is 22.8 Å². The minimum atomic E-state index is 0.534. The molecule has 0 radical (unpaired) electrons. The summed E-state index contributed by atoms with van der Waals surface area (Å²) in [5, 5.41) is 1.19. The van der Waals surface area contributed by atoms with Crippen LogP contribution in [-0.4, -0.2) is 27.9 Å². The highest BCUT2D eigenvalue weighted by Crippen LogP contribution is 2.34. The number of hydrogen-bond acceptors (Lipinski definition) is 4. The van der Waals surface area contributed by atoms with Gasteiger partial charge in [-0.3, -0.25) is 0 Å². The Morgan fingerprint density at radius 3 is 2.89 bits per heavy atom. The smallest absolute Gasteiger partial charge is 0.140 e. The number of thiophene rings is 1. The average Bonchev–Trinajstić information content (AvgIpc) is 2.78. The van der Waals surface area contributed by atoms with Crippen molar-refractivity contribution in [3.05, 3.63) is 17.3 Å². The van der Waals surface area contributed by atoms with E-state index >= 15 is 0 Å². The van der Waals surface area contributed by atoms with Crippen molar-refractivity contribution in [2.45, 2.75) is 43.5 Å². The fraction of sp³-hybridized carbons (Fsp3) is 0.571. The summed E-state index contributed by atoms with van der Waals surface area (Å²) in [4.78, 5) is 14.2. The quantitative estimate of drug-likeness (QED) is 0.770. The normalized spacial score (nSPS) is 23.7. The molecule has 0 N–H and O–H groups in total. The molecule has 0 aromatic carbocycles. The standard InChI is InChI=1S/C14H18BrN3S/c1-9-7-10-13(16-8-17-14(10)19-9)18(2)12-6-4-3-5-11(12)15/h7-8,11-12H,3-6H2,1-2H3. The number of anilines is 1. The Morgan fingerprint density at radius 2 is 2.11 bits per heavy atom. The number of hydrogen-bond donors (Lipinski definition) is 0. The fourth-order valence-electron chi connectivity index (χ4n) is 2.90. The van der Waals surface area contributed by atoms with E-state index in [-0.39, 0.29) is 0 Å². The van der Waals surface area contributed by atoms with Crippen molar-refractivity contribution in [3.63, 3.8) is 0 Å². The van der Waals surface area contributed by atoms with E-state index in [1.54, 1.807) is 17.7 Å². The number of alkyl halides is 1. The first-order valence-electron chi connectivity index (χ1n) is 6.75. The van der Waals surface area contributed by atoms with Crippen LogP contribution < -0.4 is 4.90 Å². The summed E-state index contributed by atoms with van der Waals surface area (Å²) in [6, 6.07) is 2.74. The van der Waals surface area contributed by atoms with Crippen molar-refractivity contribution in [1.82, 2.24) is 9.97 Å². The molecule has 0 spiro atoms. The molecule has 3 rings (SSSR count). The summed E-state index contributed by atoms with van der Waals surface area (Å²) in [5.74, 6) is 1.07. The molecule has 0 amide bonds. The van der Waals surface area contributed by atoms with Crippen LogP contribution in [-0.2, 0) is 0 Å². The Bertz CT molecular complexity index is 583. The van der Waals surface area contributed by atoms with Gasteiger partial charge in [0.15, 0.2) is 0 Å². The first kappa shape index (κ1) is 13.3. The lowest BCUT2D eigenvalue weighted by atomic mass is 9.94. The van der Waals surface area contributed by atoms with E-state index in [0.29, 0.717) is 10.9 Å². The van der Waals surface area contributed by atoms with Crippen LogP contribution >= 0.6 is 27.3 Å². The third-order valence-electron chi connectivity index (χ3n) is 3.91. The highest BCUT2D eigenvalue weighted by molar-refractivity contribution is 9.09. The van der Waals surface area contributed by atoms with E-state index in [9.17, 15) is 0 Å². The van der Waals surface area contributed by atoms with Crippen LogP contribution in [0.25, 0.3) is 10.2 Å². The van der Waals surface area contributed by atoms with Gasteiger partial charge in [0.2, 0.25) is 0 Å². The van der Waals surface area contributed by atoms with Crippen LogP contribution in [0, 0.1) is 6.92 Å². The Morgan fingerprint density at radius 1 is 1.32 bits per heavy atom. The summed E-state index contributed by atoms with van der Waals surface area (Å²) in [6.45, 7) is 2.13. The molecule has 1 aliphatic carbocycles. The van der Waals surface area contributed by atoms with E-state index in [1.807, 2.05) is 0 Å². The number of aromatic nitrogens is 2. The third-order valence-corrected chi connectivity index (χ3v) is 5.94. The van der Waals surface area contributed by atoms with Gasteiger partial charge in [-0.25, -0.2) is 9.97 Å². The summed E-state index contributed by atoms with van der Waals surface area (Å²) in [7, 11) is 2.17. The molecule has 0 bridgehead atoms. The minimum absolute atomic E-state index is 0.534. The van der Waals surface area contributed by atoms with Gasteiger partial charge in [-0.15, -0.1) is 11.3 Å². The van der Waals surface area contributed by atoms with Gasteiger partial charge < -0.3 is 4.90 Å². The fourth-order valence-corrected chi connectivity index (χ4v) is 4.69. The molecular weight excluding hydrogens is 322 g/mol. The first-order valence-corrected chi connectivity index (χ1v) is 8.48. The second-order valence-corrected chi connectivity index (χ2v) is 7.66. The predicted octanol–water partition coefficient (Wildman–Crippen LogP) is 4.14. The maximum atomic E-state index is 4.53. The maximum absolute atomic E-state index is 4.53. The molecule has 2 aromatic rings. The van der Waals surface area contributed by atoms with Crippen molar-refractivity contribution in [1.29, 1.82) is 0 Å². The van der Waals surface area contributed by atoms with E-state index in [0.717, 1.165) is 10.6 Å². The van der Waals surface area contributed by atoms with E-state index in [1.165, 1.54) is 35.9 Å². The largest absolute Gasteiger partial charge is 0.355 e. The van der Waals surface area contributed by atoms with Gasteiger partial charge in [0.1, 0.15) is 17.0 Å². The molecule has 102 valence electrons. The van der Waals surface area contributed by atoms with Gasteiger partial charge in [-0.2, -0.15) is 0 Å². The van der Waals surface area contributed by atoms with Crippen molar-refractivity contribution in [2.75, 3.05) is 11.9 Å². The molecule has 1 aliphatic rings. The second-order valence-electron chi connectivity index (χ2n) is 5.25. The molecule has 2 unspecified atom stereocenters. The van der Waals surface area contributed by atoms with Crippen molar-refractivity contribution in [3.8, 4) is 0 Å². The van der Waals surface area contributed by atoms with Crippen molar-refractivity contribution >= 4 is 43.3 Å². The van der Waals surface area contributed by atoms with Crippen LogP contribution in [0.15, 0.2) is 12.4 Å². The lowest BCUT2D eigenvalue weighted by Gasteiger charge is -2.36. The zero-order valence-electron chi connectivity index (χ0n) is 11.3. The van der Waals surface area contributed by atoms with Crippen LogP contribution in [0.3, 0.4) is 0 Å². The lowest BCUT2D eigenvalue weighted by molar-refractivity contribution is 0.443. The van der Waals surface area contributed by atoms with Crippen molar-refractivity contribution < 1.29 is 0 Å². The Hall–Kier alpha value is -0.680. The Labute approximate surface area is 126 Å². The van der Waals surface area contributed by atoms with Gasteiger partial charge >= 0.3 is 0 Å². The number of halogens is 1. The third kappa shape index (κ3) is 2.50. The topological polar surface area (TPSA) is 29.0 Å². The monoisotopic (exact) mass is 339 g/mol. The average molecular weight is 340 g/mol. The predicted molar refractivity (Wildman–Crippen MR) is 85.5 cm³/mol. The maximum Gasteiger partial charge on any atom is 0.140 e. The molecule has 1 fully saturated rings. The zero-order chi connectivity index (χ0) is 13.4. The highest BCUT2D eigenvalue weighted by Gasteiger charge is 2.28. The highest BCUT2D eigenvalue weighted by atomic mass is 79.9. The molecule has 2 aromatic heterocycles. The van der Waals surface area contributed by atoms with Gasteiger partial charge in [-0.1, -0.05) is 28.8 Å². The summed E-state index contributed by atoms with van der Waals surface area (Å²) in [5.41, 5.74) is 0. The molecule has 2 heterocycles. The Balaban J connectivity index is 1.98. The van der Waals surface area contributed by atoms with Gasteiger partial charge in [-0.05, 0) is 25.8 Å². The van der Waals surface area contributed by atoms with Crippen LogP contribution in [0.5, 0.6) is 0 Å². The minimum Gasteiger partial charge on any atom is -0.355 e. The van der Waals surface area contributed by atoms with Gasteiger partial charge in [0.25, 0.3) is 0 Å². The Kier molecular flexibility index (Phi) is 3.76. The van der Waals surface area contributed by atoms with Crippen LogP contribution in [0.2, 0.25) is 0 Å². The molecular formula is C14H18BrN3S. The zero-order valence-corrected chi connectivity index (χ0v) is 13.7. The molecule has 5 heteroatoms. The summed E-state index contributed by atoms with van der Waals surface area (Å²) in [6.07, 6.45) is 6.83. The lowest BCUT2D eigenvalue weighted by Crippen LogP contribution is -2.41. The molecule has 3 nitrogen and oxygen atoms in total. The van der Waals surface area contributed by atoms with E-state index < -0.39 is 0 Å². The van der Waals surface area contributed by atoms with Crippen LogP contribution in [0.1, 0.15) is 30.6 Å². The van der Waals surface area contributed by atoms with E-state index in [2.05, 4.69) is 50.8 Å². The number of rotatable bonds is 2. The molecule has 19 heavy (non-hydrogen) atoms. The molecule has 1 saturated carbocycles. The summed E-state index contributed by atoms with van der Waals surface area (Å²) >= 11 is 5.58. The van der Waals surface area contributed by atoms with Crippen LogP contribution in [0.4, 0.5) is 5.82 Å². The molecule has 0 aliphatic heterocycles. The number of fused-ring (bicyclic) bond motifs is 1. The molecule has 2 atom stereocenters.